The quantitative estimate of drug-likeness (QED) is 0.810. The van der Waals surface area contributed by atoms with Crippen molar-refractivity contribution >= 4 is 11.4 Å². The van der Waals surface area contributed by atoms with Gasteiger partial charge in [0.05, 0.1) is 7.11 Å². The number of hydrogen-bond donors (Lipinski definition) is 2. The van der Waals surface area contributed by atoms with Crippen LogP contribution in [0.5, 0.6) is 5.75 Å². The van der Waals surface area contributed by atoms with Crippen molar-refractivity contribution in [3.63, 3.8) is 0 Å². The predicted octanol–water partition coefficient (Wildman–Crippen LogP) is 2.64. The van der Waals surface area contributed by atoms with Crippen molar-refractivity contribution in [2.24, 2.45) is 0 Å². The molecule has 4 N–H and O–H groups in total. The minimum absolute atomic E-state index is 0.767. The van der Waals surface area contributed by atoms with E-state index in [0.717, 1.165) is 41.1 Å². The van der Waals surface area contributed by atoms with Crippen LogP contribution in [0.4, 0.5) is 11.4 Å². The van der Waals surface area contributed by atoms with Crippen molar-refractivity contribution in [2.75, 3.05) is 18.6 Å². The smallest absolute Gasteiger partial charge is 0.120 e. The summed E-state index contributed by atoms with van der Waals surface area (Å²) in [4.78, 5) is 0. The van der Waals surface area contributed by atoms with E-state index in [0.29, 0.717) is 0 Å². The first-order chi connectivity index (χ1) is 8.70. The molecule has 0 atom stereocenters. The Morgan fingerprint density at radius 1 is 0.889 bits per heavy atom. The molecule has 0 radical (unpaired) electrons. The van der Waals surface area contributed by atoms with Crippen LogP contribution in [-0.4, -0.2) is 7.11 Å². The number of nitrogen functional groups attached to an aromatic ring is 2. The molecule has 0 aliphatic heterocycles. The van der Waals surface area contributed by atoms with E-state index in [-0.39, 0.29) is 0 Å². The molecule has 2 aromatic rings. The van der Waals surface area contributed by atoms with E-state index in [9.17, 15) is 0 Å². The van der Waals surface area contributed by atoms with Crippen molar-refractivity contribution in [3.05, 3.63) is 53.6 Å². The van der Waals surface area contributed by atoms with Gasteiger partial charge in [-0.1, -0.05) is 24.3 Å². The fraction of sp³-hybridized carbons (Fsp3) is 0.200. The highest BCUT2D eigenvalue weighted by atomic mass is 16.5. The number of rotatable bonds is 4. The Balaban J connectivity index is 2.09. The third-order valence-corrected chi connectivity index (χ3v) is 3.07. The van der Waals surface area contributed by atoms with Gasteiger partial charge in [0.2, 0.25) is 0 Å². The molecule has 2 aromatic carbocycles. The SMILES string of the molecule is COc1ccc(CCc2ccccc2N)c(N)c1. The Kier molecular flexibility index (Phi) is 3.72. The minimum atomic E-state index is 0.767. The molecule has 0 aliphatic carbocycles. The second-order valence-corrected chi connectivity index (χ2v) is 4.26. The third-order valence-electron chi connectivity index (χ3n) is 3.07. The molecule has 3 heteroatoms. The van der Waals surface area contributed by atoms with Crippen LogP contribution in [0.1, 0.15) is 11.1 Å². The molecule has 2 rings (SSSR count). The first-order valence-corrected chi connectivity index (χ1v) is 5.96. The van der Waals surface area contributed by atoms with Gasteiger partial charge in [0.15, 0.2) is 0 Å². The van der Waals surface area contributed by atoms with Gasteiger partial charge in [0, 0.05) is 17.4 Å². The largest absolute Gasteiger partial charge is 0.497 e. The maximum Gasteiger partial charge on any atom is 0.120 e. The van der Waals surface area contributed by atoms with E-state index in [1.165, 1.54) is 0 Å². The van der Waals surface area contributed by atoms with Crippen molar-refractivity contribution in [1.29, 1.82) is 0 Å². The van der Waals surface area contributed by atoms with E-state index >= 15 is 0 Å². The molecular formula is C15H18N2O. The number of ether oxygens (including phenoxy) is 1. The molecule has 0 aromatic heterocycles. The lowest BCUT2D eigenvalue weighted by Crippen LogP contribution is -2.00. The van der Waals surface area contributed by atoms with E-state index in [4.69, 9.17) is 16.2 Å². The van der Waals surface area contributed by atoms with Crippen LogP contribution in [0.15, 0.2) is 42.5 Å². The highest BCUT2D eigenvalue weighted by Crippen LogP contribution is 2.22. The Labute approximate surface area is 107 Å². The summed E-state index contributed by atoms with van der Waals surface area (Å²) >= 11 is 0. The van der Waals surface area contributed by atoms with Gasteiger partial charge in [-0.2, -0.15) is 0 Å². The van der Waals surface area contributed by atoms with Crippen LogP contribution in [0.2, 0.25) is 0 Å². The van der Waals surface area contributed by atoms with Crippen LogP contribution in [0, 0.1) is 0 Å². The lowest BCUT2D eigenvalue weighted by atomic mass is 10.0. The topological polar surface area (TPSA) is 61.3 Å². The highest BCUT2D eigenvalue weighted by molar-refractivity contribution is 5.52. The third kappa shape index (κ3) is 2.74. The van der Waals surface area contributed by atoms with Gasteiger partial charge in [-0.25, -0.2) is 0 Å². The molecule has 0 bridgehead atoms. The maximum absolute atomic E-state index is 5.99. The fourth-order valence-corrected chi connectivity index (χ4v) is 1.96. The lowest BCUT2D eigenvalue weighted by Gasteiger charge is -2.09. The van der Waals surface area contributed by atoms with E-state index in [2.05, 4.69) is 6.07 Å². The summed E-state index contributed by atoms with van der Waals surface area (Å²) in [7, 11) is 1.64. The molecular weight excluding hydrogens is 224 g/mol. The summed E-state index contributed by atoms with van der Waals surface area (Å²) < 4.78 is 5.13. The summed E-state index contributed by atoms with van der Waals surface area (Å²) in [6.45, 7) is 0. The van der Waals surface area contributed by atoms with Crippen LogP contribution < -0.4 is 16.2 Å². The molecule has 0 fully saturated rings. The average Bonchev–Trinajstić information content (AvgIpc) is 2.39. The molecule has 0 unspecified atom stereocenters. The zero-order valence-electron chi connectivity index (χ0n) is 10.5. The molecule has 0 heterocycles. The van der Waals surface area contributed by atoms with Gasteiger partial charge < -0.3 is 16.2 Å². The molecule has 3 nitrogen and oxygen atoms in total. The maximum atomic E-state index is 5.99. The number of aryl methyl sites for hydroxylation is 2. The Bertz CT molecular complexity index is 538. The average molecular weight is 242 g/mol. The first-order valence-electron chi connectivity index (χ1n) is 5.96. The van der Waals surface area contributed by atoms with Gasteiger partial charge in [-0.15, -0.1) is 0 Å². The number of para-hydroxylation sites is 1. The van der Waals surface area contributed by atoms with Crippen LogP contribution in [-0.2, 0) is 12.8 Å². The second-order valence-electron chi connectivity index (χ2n) is 4.26. The monoisotopic (exact) mass is 242 g/mol. The lowest BCUT2D eigenvalue weighted by molar-refractivity contribution is 0.415. The normalized spacial score (nSPS) is 10.3. The Hall–Kier alpha value is -2.16. The van der Waals surface area contributed by atoms with Crippen molar-refractivity contribution in [1.82, 2.24) is 0 Å². The number of hydrogen-bond acceptors (Lipinski definition) is 3. The van der Waals surface area contributed by atoms with Crippen LogP contribution in [0.25, 0.3) is 0 Å². The predicted molar refractivity (Wildman–Crippen MR) is 75.7 cm³/mol. The van der Waals surface area contributed by atoms with Gasteiger partial charge in [-0.05, 0) is 36.1 Å². The van der Waals surface area contributed by atoms with Gasteiger partial charge in [0.1, 0.15) is 5.75 Å². The molecule has 0 saturated carbocycles. The minimum Gasteiger partial charge on any atom is -0.497 e. The van der Waals surface area contributed by atoms with Crippen molar-refractivity contribution in [2.45, 2.75) is 12.8 Å². The summed E-state index contributed by atoms with van der Waals surface area (Å²) in [5.74, 6) is 0.787. The van der Waals surface area contributed by atoms with Gasteiger partial charge in [0.25, 0.3) is 0 Å². The Morgan fingerprint density at radius 2 is 1.56 bits per heavy atom. The molecule has 18 heavy (non-hydrogen) atoms. The zero-order valence-corrected chi connectivity index (χ0v) is 10.5. The van der Waals surface area contributed by atoms with E-state index < -0.39 is 0 Å². The van der Waals surface area contributed by atoms with Crippen molar-refractivity contribution < 1.29 is 4.74 Å². The summed E-state index contributed by atoms with van der Waals surface area (Å²) in [6, 6.07) is 13.7. The molecule has 94 valence electrons. The van der Waals surface area contributed by atoms with Crippen LogP contribution >= 0.6 is 0 Å². The number of nitrogens with two attached hydrogens (primary N) is 2. The summed E-state index contributed by atoms with van der Waals surface area (Å²) in [6.07, 6.45) is 1.77. The number of methoxy groups -OCH3 is 1. The molecule has 0 amide bonds. The van der Waals surface area contributed by atoms with E-state index in [1.54, 1.807) is 7.11 Å². The molecule has 0 aliphatic rings. The summed E-state index contributed by atoms with van der Waals surface area (Å²) in [5.41, 5.74) is 15.8. The standard InChI is InChI=1S/C15H18N2O/c1-18-13-9-8-12(15(17)10-13)7-6-11-4-2-3-5-14(11)16/h2-5,8-10H,6-7,16-17H2,1H3. The van der Waals surface area contributed by atoms with Gasteiger partial charge in [-0.3, -0.25) is 0 Å². The van der Waals surface area contributed by atoms with E-state index in [1.807, 2.05) is 36.4 Å². The summed E-state index contributed by atoms with van der Waals surface area (Å²) in [5, 5.41) is 0. The Morgan fingerprint density at radius 3 is 2.17 bits per heavy atom. The van der Waals surface area contributed by atoms with Gasteiger partial charge >= 0.3 is 0 Å². The van der Waals surface area contributed by atoms with Crippen molar-refractivity contribution in [3.8, 4) is 5.75 Å². The van der Waals surface area contributed by atoms with Crippen LogP contribution in [0.3, 0.4) is 0 Å². The first kappa shape index (κ1) is 12.3. The number of benzene rings is 2. The zero-order chi connectivity index (χ0) is 13.0. The fourth-order valence-electron chi connectivity index (χ4n) is 1.96. The molecule has 0 spiro atoms. The highest BCUT2D eigenvalue weighted by Gasteiger charge is 2.03. The number of anilines is 2. The molecule has 0 saturated heterocycles. The second kappa shape index (κ2) is 5.45.